The van der Waals surface area contributed by atoms with Crippen molar-refractivity contribution in [3.8, 4) is 0 Å². The zero-order chi connectivity index (χ0) is 17.0. The normalized spacial score (nSPS) is 11.2. The molecule has 0 aliphatic carbocycles. The molecule has 2 aromatic rings. The summed E-state index contributed by atoms with van der Waals surface area (Å²) >= 11 is 8.00. The van der Waals surface area contributed by atoms with E-state index in [2.05, 4.69) is 24.0 Å². The van der Waals surface area contributed by atoms with Crippen molar-refractivity contribution in [1.82, 2.24) is 4.98 Å². The van der Waals surface area contributed by atoms with Gasteiger partial charge in [0.15, 0.2) is 0 Å². The van der Waals surface area contributed by atoms with Crippen molar-refractivity contribution in [1.29, 1.82) is 0 Å². The first-order valence-corrected chi connectivity index (χ1v) is 10.8. The number of aromatic nitrogens is 1. The number of benzene rings is 1. The van der Waals surface area contributed by atoms with Gasteiger partial charge in [-0.2, -0.15) is 0 Å². The second-order valence-electron chi connectivity index (χ2n) is 6.50. The van der Waals surface area contributed by atoms with Gasteiger partial charge in [0, 0.05) is 21.5 Å². The first kappa shape index (κ1) is 19.6. The average Bonchev–Trinajstić information content (AvgIpc) is 2.59. The molecule has 1 nitrogen and oxygen atoms in total. The van der Waals surface area contributed by atoms with E-state index in [1.54, 1.807) is 0 Å². The Morgan fingerprint density at radius 1 is 0.875 bits per heavy atom. The Hall–Kier alpha value is -0.730. The fraction of sp³-hybridized carbons (Fsp3) is 0.571. The van der Waals surface area contributed by atoms with Gasteiger partial charge in [-0.3, -0.25) is 4.98 Å². The molecule has 0 unspecified atom stereocenters. The highest BCUT2D eigenvalue weighted by molar-refractivity contribution is 7.99. The molecule has 132 valence electrons. The summed E-state index contributed by atoms with van der Waals surface area (Å²) in [5.41, 5.74) is 0.996. The molecule has 0 atom stereocenters. The maximum Gasteiger partial charge on any atom is 0.0728 e. The van der Waals surface area contributed by atoms with E-state index in [-0.39, 0.29) is 0 Å². The summed E-state index contributed by atoms with van der Waals surface area (Å²) < 4.78 is 0. The molecule has 1 heterocycles. The largest absolute Gasteiger partial charge is 0.256 e. The highest BCUT2D eigenvalue weighted by Gasteiger charge is 2.03. The number of pyridine rings is 1. The first-order valence-electron chi connectivity index (χ1n) is 9.48. The van der Waals surface area contributed by atoms with E-state index >= 15 is 0 Å². The van der Waals surface area contributed by atoms with Crippen LogP contribution in [0.3, 0.4) is 0 Å². The summed E-state index contributed by atoms with van der Waals surface area (Å²) in [6.45, 7) is 2.28. The van der Waals surface area contributed by atoms with Gasteiger partial charge in [0.2, 0.25) is 0 Å². The molecular weight excluding hydrogens is 334 g/mol. The Bertz CT molecular complexity index is 599. The Balaban J connectivity index is 1.58. The third-order valence-electron chi connectivity index (χ3n) is 4.42. The molecule has 1 aromatic heterocycles. The number of thioether (sulfide) groups is 1. The lowest BCUT2D eigenvalue weighted by molar-refractivity contribution is 0.563. The van der Waals surface area contributed by atoms with E-state index in [1.807, 2.05) is 30.1 Å². The standard InChI is InChI=1S/C21H30ClNS/c1-2-3-4-5-6-7-8-9-10-11-16-24-21-14-15-23-20-17-18(22)12-13-19(20)21/h12-15,17H,2-11,16H2,1H3. The SMILES string of the molecule is CCCCCCCCCCCCSc1ccnc2cc(Cl)ccc12. The minimum absolute atomic E-state index is 0.756. The lowest BCUT2D eigenvalue weighted by Gasteiger charge is -2.06. The number of rotatable bonds is 12. The zero-order valence-electron chi connectivity index (χ0n) is 14.9. The third-order valence-corrected chi connectivity index (χ3v) is 5.82. The Morgan fingerprint density at radius 3 is 2.25 bits per heavy atom. The average molecular weight is 364 g/mol. The van der Waals surface area contributed by atoms with Crippen LogP contribution in [0.15, 0.2) is 35.4 Å². The van der Waals surface area contributed by atoms with Crippen LogP contribution in [0.25, 0.3) is 10.9 Å². The Morgan fingerprint density at radius 2 is 1.54 bits per heavy atom. The monoisotopic (exact) mass is 363 g/mol. The lowest BCUT2D eigenvalue weighted by Crippen LogP contribution is -1.86. The number of hydrogen-bond acceptors (Lipinski definition) is 2. The molecule has 24 heavy (non-hydrogen) atoms. The Kier molecular flexibility index (Phi) is 9.60. The van der Waals surface area contributed by atoms with E-state index in [1.165, 1.54) is 80.2 Å². The van der Waals surface area contributed by atoms with Gasteiger partial charge in [-0.15, -0.1) is 11.8 Å². The van der Waals surface area contributed by atoms with Crippen LogP contribution in [0.5, 0.6) is 0 Å². The molecule has 0 aliphatic rings. The molecule has 0 spiro atoms. The lowest BCUT2D eigenvalue weighted by atomic mass is 10.1. The van der Waals surface area contributed by atoms with Gasteiger partial charge < -0.3 is 0 Å². The van der Waals surface area contributed by atoms with Crippen LogP contribution in [0.2, 0.25) is 5.02 Å². The van der Waals surface area contributed by atoms with Crippen molar-refractivity contribution in [3.05, 3.63) is 35.5 Å². The van der Waals surface area contributed by atoms with Crippen molar-refractivity contribution < 1.29 is 0 Å². The molecule has 0 aliphatic heterocycles. The van der Waals surface area contributed by atoms with Crippen LogP contribution in [0.1, 0.15) is 71.1 Å². The van der Waals surface area contributed by atoms with Gasteiger partial charge >= 0.3 is 0 Å². The molecule has 0 saturated carbocycles. The molecule has 0 saturated heterocycles. The second kappa shape index (κ2) is 11.8. The maximum atomic E-state index is 6.05. The molecule has 3 heteroatoms. The van der Waals surface area contributed by atoms with E-state index in [0.717, 1.165) is 10.5 Å². The maximum absolute atomic E-state index is 6.05. The second-order valence-corrected chi connectivity index (χ2v) is 8.07. The predicted octanol–water partition coefficient (Wildman–Crippen LogP) is 7.90. The smallest absolute Gasteiger partial charge is 0.0728 e. The molecule has 0 fully saturated rings. The summed E-state index contributed by atoms with van der Waals surface area (Å²) in [5.74, 6) is 1.19. The Labute approximate surface area is 156 Å². The van der Waals surface area contributed by atoms with Gasteiger partial charge in [-0.25, -0.2) is 0 Å². The van der Waals surface area contributed by atoms with Crippen molar-refractivity contribution in [2.45, 2.75) is 76.0 Å². The van der Waals surface area contributed by atoms with Crippen molar-refractivity contribution >= 4 is 34.3 Å². The summed E-state index contributed by atoms with van der Waals surface area (Å²) in [7, 11) is 0. The van der Waals surface area contributed by atoms with Crippen LogP contribution >= 0.6 is 23.4 Å². The molecule has 2 rings (SSSR count). The number of fused-ring (bicyclic) bond motifs is 1. The molecular formula is C21H30ClNS. The molecule has 0 radical (unpaired) electrons. The number of hydrogen-bond donors (Lipinski definition) is 0. The number of nitrogens with zero attached hydrogens (tertiary/aromatic N) is 1. The van der Waals surface area contributed by atoms with E-state index in [0.29, 0.717) is 0 Å². The van der Waals surface area contributed by atoms with E-state index < -0.39 is 0 Å². The molecule has 0 bridgehead atoms. The van der Waals surface area contributed by atoms with Gasteiger partial charge in [-0.1, -0.05) is 82.4 Å². The minimum Gasteiger partial charge on any atom is -0.256 e. The van der Waals surface area contributed by atoms with Crippen LogP contribution in [0, 0.1) is 0 Å². The first-order chi connectivity index (χ1) is 11.8. The minimum atomic E-state index is 0.756. The van der Waals surface area contributed by atoms with Gasteiger partial charge in [0.1, 0.15) is 0 Å². The van der Waals surface area contributed by atoms with E-state index in [9.17, 15) is 0 Å². The van der Waals surface area contributed by atoms with Crippen molar-refractivity contribution in [2.24, 2.45) is 0 Å². The quantitative estimate of drug-likeness (QED) is 0.280. The van der Waals surface area contributed by atoms with Crippen LogP contribution in [-0.2, 0) is 0 Å². The summed E-state index contributed by atoms with van der Waals surface area (Å²) in [6, 6.07) is 8.11. The summed E-state index contributed by atoms with van der Waals surface area (Å²) in [5, 5.41) is 1.98. The van der Waals surface area contributed by atoms with Gasteiger partial charge in [0.05, 0.1) is 5.52 Å². The highest BCUT2D eigenvalue weighted by Crippen LogP contribution is 2.29. The van der Waals surface area contributed by atoms with Crippen molar-refractivity contribution in [3.63, 3.8) is 0 Å². The fourth-order valence-electron chi connectivity index (χ4n) is 2.99. The topological polar surface area (TPSA) is 12.9 Å². The fourth-order valence-corrected chi connectivity index (χ4v) is 4.21. The number of halogens is 1. The molecule has 0 amide bonds. The molecule has 0 N–H and O–H groups in total. The molecule has 1 aromatic carbocycles. The zero-order valence-corrected chi connectivity index (χ0v) is 16.5. The van der Waals surface area contributed by atoms with Crippen LogP contribution < -0.4 is 0 Å². The van der Waals surface area contributed by atoms with Crippen molar-refractivity contribution in [2.75, 3.05) is 5.75 Å². The van der Waals surface area contributed by atoms with Gasteiger partial charge in [-0.05, 0) is 30.4 Å². The third kappa shape index (κ3) is 7.03. The highest BCUT2D eigenvalue weighted by atomic mass is 35.5. The van der Waals surface area contributed by atoms with Gasteiger partial charge in [0.25, 0.3) is 0 Å². The predicted molar refractivity (Wildman–Crippen MR) is 109 cm³/mol. The van der Waals surface area contributed by atoms with Crippen LogP contribution in [0.4, 0.5) is 0 Å². The summed E-state index contributed by atoms with van der Waals surface area (Å²) in [4.78, 5) is 5.74. The van der Waals surface area contributed by atoms with E-state index in [4.69, 9.17) is 11.6 Å². The summed E-state index contributed by atoms with van der Waals surface area (Å²) in [6.07, 6.45) is 15.8. The number of unbranched alkanes of at least 4 members (excludes halogenated alkanes) is 9. The van der Waals surface area contributed by atoms with Crippen LogP contribution in [-0.4, -0.2) is 10.7 Å².